The Balaban J connectivity index is 1.07. The molecule has 234 valence electrons. The van der Waals surface area contributed by atoms with Crippen molar-refractivity contribution < 1.29 is 8.83 Å². The van der Waals surface area contributed by atoms with Crippen LogP contribution in [0.2, 0.25) is 0 Å². The molecule has 4 nitrogen and oxygen atoms in total. The maximum absolute atomic E-state index is 6.58. The summed E-state index contributed by atoms with van der Waals surface area (Å²) in [6.07, 6.45) is 0. The zero-order chi connectivity index (χ0) is 32.8. The van der Waals surface area contributed by atoms with E-state index >= 15 is 0 Å². The minimum Gasteiger partial charge on any atom is -0.456 e. The molecule has 0 saturated heterocycles. The van der Waals surface area contributed by atoms with Gasteiger partial charge in [-0.2, -0.15) is 0 Å². The average Bonchev–Trinajstić information content (AvgIpc) is 3.87. The van der Waals surface area contributed by atoms with Crippen LogP contribution in [-0.2, 0) is 0 Å². The lowest BCUT2D eigenvalue weighted by atomic mass is 10.0. The normalized spacial score (nSPS) is 12.0. The Morgan fingerprint density at radius 1 is 0.460 bits per heavy atom. The maximum Gasteiger partial charge on any atom is 0.228 e. The summed E-state index contributed by atoms with van der Waals surface area (Å²) in [6, 6.07) is 55.5. The number of fused-ring (bicyclic) bond motifs is 10. The summed E-state index contributed by atoms with van der Waals surface area (Å²) in [7, 11) is 0. The van der Waals surface area contributed by atoms with Gasteiger partial charge in [0.2, 0.25) is 5.89 Å². The fourth-order valence-electron chi connectivity index (χ4n) is 7.52. The minimum atomic E-state index is 0.587. The van der Waals surface area contributed by atoms with Crippen molar-refractivity contribution in [1.29, 1.82) is 0 Å². The molecular formula is C45H26N2O2S. The van der Waals surface area contributed by atoms with Crippen LogP contribution in [-0.4, -0.2) is 4.98 Å². The molecule has 5 heteroatoms. The molecule has 8 aromatic carbocycles. The fourth-order valence-corrected chi connectivity index (χ4v) is 8.69. The summed E-state index contributed by atoms with van der Waals surface area (Å²) >= 11 is 1.85. The molecular weight excluding hydrogens is 633 g/mol. The predicted octanol–water partition coefficient (Wildman–Crippen LogP) is 13.5. The first kappa shape index (κ1) is 27.5. The molecule has 0 N–H and O–H groups in total. The van der Waals surface area contributed by atoms with Crippen molar-refractivity contribution in [3.63, 3.8) is 0 Å². The lowest BCUT2D eigenvalue weighted by molar-refractivity contribution is 0.623. The highest BCUT2D eigenvalue weighted by molar-refractivity contribution is 7.25. The van der Waals surface area contributed by atoms with E-state index in [4.69, 9.17) is 13.8 Å². The Kier molecular flexibility index (Phi) is 5.80. The highest BCUT2D eigenvalue weighted by atomic mass is 32.1. The number of hydrogen-bond acceptors (Lipinski definition) is 5. The second-order valence-electron chi connectivity index (χ2n) is 12.8. The van der Waals surface area contributed by atoms with E-state index < -0.39 is 0 Å². The van der Waals surface area contributed by atoms with Gasteiger partial charge in [0.1, 0.15) is 16.7 Å². The Bertz CT molecular complexity index is 3120. The molecule has 0 aliphatic heterocycles. The van der Waals surface area contributed by atoms with Crippen LogP contribution >= 0.6 is 11.3 Å². The zero-order valence-corrected chi connectivity index (χ0v) is 27.4. The van der Waals surface area contributed by atoms with Gasteiger partial charge < -0.3 is 13.7 Å². The van der Waals surface area contributed by atoms with E-state index in [1.165, 1.54) is 30.9 Å². The van der Waals surface area contributed by atoms with Crippen LogP contribution in [0.25, 0.3) is 86.2 Å². The number of anilines is 3. The van der Waals surface area contributed by atoms with Crippen LogP contribution in [0.1, 0.15) is 0 Å². The SMILES string of the molecule is c1ccc(N(c2ccc3c(c2)oc2cccc(-c4nc5ccc6ccccc6c5o4)c23)c2ccc3c(c2)sc2cc4ccccc4cc23)cc1. The van der Waals surface area contributed by atoms with Crippen molar-refractivity contribution in [3.05, 3.63) is 158 Å². The third kappa shape index (κ3) is 4.14. The number of benzene rings is 8. The summed E-state index contributed by atoms with van der Waals surface area (Å²) in [5.41, 5.74) is 7.35. The molecule has 11 aromatic rings. The molecule has 0 aliphatic carbocycles. The lowest BCUT2D eigenvalue weighted by Crippen LogP contribution is -2.09. The summed E-state index contributed by atoms with van der Waals surface area (Å²) in [6.45, 7) is 0. The largest absolute Gasteiger partial charge is 0.456 e. The summed E-state index contributed by atoms with van der Waals surface area (Å²) in [4.78, 5) is 7.24. The number of para-hydroxylation sites is 1. The number of furan rings is 1. The van der Waals surface area contributed by atoms with Crippen LogP contribution in [0, 0.1) is 0 Å². The number of nitrogens with zero attached hydrogens (tertiary/aromatic N) is 2. The first-order chi connectivity index (χ1) is 24.7. The van der Waals surface area contributed by atoms with E-state index in [2.05, 4.69) is 132 Å². The molecule has 0 radical (unpaired) electrons. The number of rotatable bonds is 4. The van der Waals surface area contributed by atoms with Gasteiger partial charge in [-0.15, -0.1) is 11.3 Å². The van der Waals surface area contributed by atoms with E-state index in [-0.39, 0.29) is 0 Å². The van der Waals surface area contributed by atoms with E-state index in [0.29, 0.717) is 5.89 Å². The summed E-state index contributed by atoms with van der Waals surface area (Å²) in [5.74, 6) is 0.587. The van der Waals surface area contributed by atoms with Gasteiger partial charge in [-0.3, -0.25) is 0 Å². The van der Waals surface area contributed by atoms with E-state index in [1.807, 2.05) is 41.7 Å². The van der Waals surface area contributed by atoms with E-state index in [0.717, 1.165) is 66.4 Å². The lowest BCUT2D eigenvalue weighted by Gasteiger charge is -2.25. The van der Waals surface area contributed by atoms with Gasteiger partial charge in [0, 0.05) is 65.0 Å². The monoisotopic (exact) mass is 658 g/mol. The van der Waals surface area contributed by atoms with Crippen LogP contribution in [0.15, 0.2) is 167 Å². The number of thiophene rings is 1. The quantitative estimate of drug-likeness (QED) is 0.189. The maximum atomic E-state index is 6.58. The van der Waals surface area contributed by atoms with E-state index in [1.54, 1.807) is 0 Å². The second-order valence-corrected chi connectivity index (χ2v) is 13.8. The zero-order valence-electron chi connectivity index (χ0n) is 26.6. The number of hydrogen-bond donors (Lipinski definition) is 0. The Morgan fingerprint density at radius 3 is 2.08 bits per heavy atom. The van der Waals surface area contributed by atoms with Crippen LogP contribution in [0.3, 0.4) is 0 Å². The van der Waals surface area contributed by atoms with Crippen molar-refractivity contribution in [2.24, 2.45) is 0 Å². The molecule has 0 aliphatic rings. The number of aromatic nitrogens is 1. The predicted molar refractivity (Wildman–Crippen MR) is 209 cm³/mol. The highest BCUT2D eigenvalue weighted by Crippen LogP contribution is 2.44. The average molecular weight is 659 g/mol. The fraction of sp³-hybridized carbons (Fsp3) is 0. The molecule has 0 saturated carbocycles. The van der Waals surface area contributed by atoms with Crippen molar-refractivity contribution in [2.45, 2.75) is 0 Å². The third-order valence-corrected chi connectivity index (χ3v) is 11.0. The topological polar surface area (TPSA) is 42.4 Å². The second kappa shape index (κ2) is 10.5. The molecule has 0 fully saturated rings. The summed E-state index contributed by atoms with van der Waals surface area (Å²) < 4.78 is 15.6. The molecule has 50 heavy (non-hydrogen) atoms. The van der Waals surface area contributed by atoms with Crippen LogP contribution < -0.4 is 4.90 Å². The van der Waals surface area contributed by atoms with Gasteiger partial charge >= 0.3 is 0 Å². The molecule has 11 rings (SSSR count). The molecule has 0 amide bonds. The number of oxazole rings is 1. The Hall–Kier alpha value is -6.43. The first-order valence-corrected chi connectivity index (χ1v) is 17.5. The van der Waals surface area contributed by atoms with Gasteiger partial charge in [-0.1, -0.05) is 84.9 Å². The minimum absolute atomic E-state index is 0.587. The Morgan fingerprint density at radius 2 is 1.20 bits per heavy atom. The van der Waals surface area contributed by atoms with Crippen molar-refractivity contribution >= 4 is 103 Å². The first-order valence-electron chi connectivity index (χ1n) is 16.7. The van der Waals surface area contributed by atoms with Gasteiger partial charge in [-0.25, -0.2) is 4.98 Å². The van der Waals surface area contributed by atoms with Gasteiger partial charge in [0.15, 0.2) is 5.58 Å². The van der Waals surface area contributed by atoms with Crippen molar-refractivity contribution in [1.82, 2.24) is 4.98 Å². The Labute approximate surface area is 290 Å². The highest BCUT2D eigenvalue weighted by Gasteiger charge is 2.20. The van der Waals surface area contributed by atoms with Gasteiger partial charge in [-0.05, 0) is 82.9 Å². The smallest absolute Gasteiger partial charge is 0.228 e. The van der Waals surface area contributed by atoms with Crippen molar-refractivity contribution in [2.75, 3.05) is 4.90 Å². The molecule has 0 spiro atoms. The van der Waals surface area contributed by atoms with Gasteiger partial charge in [0.25, 0.3) is 0 Å². The third-order valence-electron chi connectivity index (χ3n) is 9.84. The molecule has 3 heterocycles. The standard InChI is InChI=1S/C45H26N2O2S/c1-2-12-30(13-3-1)47(32-18-20-34-37-23-28-10-4-5-11-29(28)24-41(37)50-42(34)26-32)31-19-21-35-40(25-31)48-39-16-8-15-36(43(35)39)45-46-38-22-17-27-9-6-7-14-33(27)44(38)49-45/h1-26H. The van der Waals surface area contributed by atoms with Gasteiger partial charge in [0.05, 0.1) is 0 Å². The van der Waals surface area contributed by atoms with Crippen molar-refractivity contribution in [3.8, 4) is 11.5 Å². The molecule has 3 aromatic heterocycles. The molecule has 0 bridgehead atoms. The van der Waals surface area contributed by atoms with E-state index in [9.17, 15) is 0 Å². The summed E-state index contributed by atoms with van der Waals surface area (Å²) in [5, 5.41) is 9.31. The molecule has 0 unspecified atom stereocenters. The molecule has 0 atom stereocenters. The van der Waals surface area contributed by atoms with Crippen LogP contribution in [0.5, 0.6) is 0 Å². The van der Waals surface area contributed by atoms with Crippen LogP contribution in [0.4, 0.5) is 17.1 Å².